The van der Waals surface area contributed by atoms with Gasteiger partial charge in [-0.2, -0.15) is 0 Å². The Morgan fingerprint density at radius 2 is 2.60 bits per heavy atom. The van der Waals surface area contributed by atoms with Crippen molar-refractivity contribution in [3.05, 3.63) is 17.7 Å². The molecule has 1 unspecified atom stereocenters. The summed E-state index contributed by atoms with van der Waals surface area (Å²) in [6.45, 7) is 3.23. The average molecular weight is 208 g/mol. The van der Waals surface area contributed by atoms with Crippen molar-refractivity contribution in [1.29, 1.82) is 0 Å². The van der Waals surface area contributed by atoms with Crippen LogP contribution in [0, 0.1) is 0 Å². The van der Waals surface area contributed by atoms with Gasteiger partial charge in [0.2, 0.25) is 0 Å². The molecule has 5 nitrogen and oxygen atoms in total. The lowest BCUT2D eigenvalue weighted by Crippen LogP contribution is -2.19. The summed E-state index contributed by atoms with van der Waals surface area (Å²) in [6.07, 6.45) is 4.68. The summed E-state index contributed by atoms with van der Waals surface area (Å²) in [5.74, 6) is 0.733. The van der Waals surface area contributed by atoms with Gasteiger partial charge >= 0.3 is 0 Å². The number of imidazole rings is 1. The molecule has 0 bridgehead atoms. The molecular weight excluding hydrogens is 192 g/mol. The molecule has 0 fully saturated rings. The number of fused-ring (bicyclic) bond motifs is 1. The lowest BCUT2D eigenvalue weighted by Gasteiger charge is -2.21. The molecule has 0 saturated carbocycles. The third-order valence-electron chi connectivity index (χ3n) is 2.94. The molecule has 0 saturated heterocycles. The van der Waals surface area contributed by atoms with Gasteiger partial charge in [-0.3, -0.25) is 0 Å². The van der Waals surface area contributed by atoms with Gasteiger partial charge in [-0.05, 0) is 18.8 Å². The fourth-order valence-corrected chi connectivity index (χ4v) is 2.23. The smallest absolute Gasteiger partial charge is 0.145 e. The number of aryl methyl sites for hydroxylation is 1. The molecule has 1 atom stereocenters. The van der Waals surface area contributed by atoms with E-state index in [1.807, 2.05) is 6.33 Å². The third kappa shape index (κ3) is 1.82. The third-order valence-corrected chi connectivity index (χ3v) is 2.94. The van der Waals surface area contributed by atoms with E-state index in [0.717, 1.165) is 12.2 Å². The number of hydrogen-bond donors (Lipinski definition) is 2. The number of oxime groups is 1. The fourth-order valence-electron chi connectivity index (χ4n) is 2.23. The van der Waals surface area contributed by atoms with Crippen LogP contribution in [0.3, 0.4) is 0 Å². The molecule has 2 rings (SSSR count). The van der Waals surface area contributed by atoms with Crippen molar-refractivity contribution in [2.24, 2.45) is 10.9 Å². The van der Waals surface area contributed by atoms with Gasteiger partial charge in [-0.15, -0.1) is 0 Å². The molecule has 15 heavy (non-hydrogen) atoms. The van der Waals surface area contributed by atoms with E-state index in [9.17, 15) is 0 Å². The van der Waals surface area contributed by atoms with E-state index in [-0.39, 0.29) is 5.84 Å². The average Bonchev–Trinajstić information content (AvgIpc) is 2.63. The zero-order valence-electron chi connectivity index (χ0n) is 8.85. The predicted octanol–water partition coefficient (Wildman–Crippen LogP) is 1.07. The number of rotatable bonds is 2. The maximum atomic E-state index is 8.53. The van der Waals surface area contributed by atoms with Crippen LogP contribution in [0.25, 0.3) is 0 Å². The Balaban J connectivity index is 2.29. The second kappa shape index (κ2) is 3.92. The minimum Gasteiger partial charge on any atom is -0.409 e. The topological polar surface area (TPSA) is 76.4 Å². The van der Waals surface area contributed by atoms with Crippen molar-refractivity contribution in [1.82, 2.24) is 9.55 Å². The zero-order valence-corrected chi connectivity index (χ0v) is 8.85. The number of aromatic nitrogens is 2. The fraction of sp³-hybridized carbons (Fsp3) is 0.600. The van der Waals surface area contributed by atoms with Crippen LogP contribution in [0.15, 0.2) is 11.5 Å². The van der Waals surface area contributed by atoms with Crippen molar-refractivity contribution in [3.8, 4) is 0 Å². The monoisotopic (exact) mass is 208 g/mol. The first-order valence-corrected chi connectivity index (χ1v) is 5.22. The number of nitrogens with two attached hydrogens (primary N) is 1. The van der Waals surface area contributed by atoms with Crippen LogP contribution in [-0.2, 0) is 13.0 Å². The molecule has 1 aliphatic heterocycles. The lowest BCUT2D eigenvalue weighted by molar-refractivity contribution is 0.317. The standard InChI is InChI=1S/C10H16N4O/c1-7-3-2-4-14-6-12-8(10(7)14)5-9(11)13-15/h6-7,15H,2-5H2,1H3,(H2,11,13). The normalized spacial score (nSPS) is 21.4. The number of amidine groups is 1. The molecule has 0 amide bonds. The van der Waals surface area contributed by atoms with Gasteiger partial charge in [0.15, 0.2) is 0 Å². The maximum Gasteiger partial charge on any atom is 0.145 e. The van der Waals surface area contributed by atoms with Gasteiger partial charge in [0.05, 0.1) is 18.4 Å². The van der Waals surface area contributed by atoms with Crippen molar-refractivity contribution in [2.45, 2.75) is 38.6 Å². The molecular formula is C10H16N4O. The second-order valence-electron chi connectivity index (χ2n) is 4.08. The first-order chi connectivity index (χ1) is 7.22. The summed E-state index contributed by atoms with van der Waals surface area (Å²) in [5.41, 5.74) is 7.68. The predicted molar refractivity (Wildman–Crippen MR) is 57.0 cm³/mol. The summed E-state index contributed by atoms with van der Waals surface area (Å²) in [6, 6.07) is 0. The molecule has 3 N–H and O–H groups in total. The van der Waals surface area contributed by atoms with Crippen LogP contribution in [0.1, 0.15) is 37.1 Å². The minimum absolute atomic E-state index is 0.217. The molecule has 1 aromatic heterocycles. The molecule has 0 radical (unpaired) electrons. The van der Waals surface area contributed by atoms with Crippen LogP contribution in [0.2, 0.25) is 0 Å². The maximum absolute atomic E-state index is 8.53. The Kier molecular flexibility index (Phi) is 2.62. The van der Waals surface area contributed by atoms with Gasteiger partial charge in [0.25, 0.3) is 0 Å². The summed E-state index contributed by atoms with van der Waals surface area (Å²) >= 11 is 0. The van der Waals surface area contributed by atoms with Crippen LogP contribution in [-0.4, -0.2) is 20.6 Å². The second-order valence-corrected chi connectivity index (χ2v) is 4.08. The highest BCUT2D eigenvalue weighted by Crippen LogP contribution is 2.28. The van der Waals surface area contributed by atoms with E-state index < -0.39 is 0 Å². The Bertz CT molecular complexity index is 383. The summed E-state index contributed by atoms with van der Waals surface area (Å²) in [4.78, 5) is 4.33. The highest BCUT2D eigenvalue weighted by Gasteiger charge is 2.21. The van der Waals surface area contributed by atoms with E-state index >= 15 is 0 Å². The van der Waals surface area contributed by atoms with E-state index in [1.165, 1.54) is 18.5 Å². The SMILES string of the molecule is CC1CCCn2cnc(C/C(N)=N/O)c21. The van der Waals surface area contributed by atoms with Gasteiger partial charge in [-0.25, -0.2) is 4.98 Å². The zero-order chi connectivity index (χ0) is 10.8. The van der Waals surface area contributed by atoms with E-state index in [0.29, 0.717) is 12.3 Å². The first kappa shape index (κ1) is 10.0. The summed E-state index contributed by atoms with van der Waals surface area (Å²) in [7, 11) is 0. The minimum atomic E-state index is 0.217. The molecule has 0 spiro atoms. The molecule has 5 heteroatoms. The summed E-state index contributed by atoms with van der Waals surface area (Å²) < 4.78 is 2.17. The van der Waals surface area contributed by atoms with Crippen LogP contribution < -0.4 is 5.73 Å². The van der Waals surface area contributed by atoms with Crippen LogP contribution >= 0.6 is 0 Å². The highest BCUT2D eigenvalue weighted by molar-refractivity contribution is 5.81. The molecule has 1 aromatic rings. The van der Waals surface area contributed by atoms with E-state index in [2.05, 4.69) is 21.6 Å². The Morgan fingerprint density at radius 3 is 3.33 bits per heavy atom. The van der Waals surface area contributed by atoms with E-state index in [4.69, 9.17) is 10.9 Å². The Morgan fingerprint density at radius 1 is 1.80 bits per heavy atom. The van der Waals surface area contributed by atoms with Crippen molar-refractivity contribution in [3.63, 3.8) is 0 Å². The quantitative estimate of drug-likeness (QED) is 0.330. The Hall–Kier alpha value is -1.52. The molecule has 0 aromatic carbocycles. The number of nitrogens with zero attached hydrogens (tertiary/aromatic N) is 3. The first-order valence-electron chi connectivity index (χ1n) is 5.22. The summed E-state index contributed by atoms with van der Waals surface area (Å²) in [5, 5.41) is 11.5. The van der Waals surface area contributed by atoms with Crippen molar-refractivity contribution >= 4 is 5.84 Å². The van der Waals surface area contributed by atoms with Gasteiger partial charge in [0, 0.05) is 12.2 Å². The molecule has 0 aliphatic carbocycles. The van der Waals surface area contributed by atoms with Gasteiger partial charge in [-0.1, -0.05) is 12.1 Å². The van der Waals surface area contributed by atoms with Crippen molar-refractivity contribution < 1.29 is 5.21 Å². The lowest BCUT2D eigenvalue weighted by atomic mass is 9.95. The molecule has 82 valence electrons. The van der Waals surface area contributed by atoms with Gasteiger partial charge in [0.1, 0.15) is 5.84 Å². The van der Waals surface area contributed by atoms with Crippen LogP contribution in [0.4, 0.5) is 0 Å². The van der Waals surface area contributed by atoms with E-state index in [1.54, 1.807) is 0 Å². The number of hydrogen-bond acceptors (Lipinski definition) is 3. The molecule has 1 aliphatic rings. The van der Waals surface area contributed by atoms with Crippen molar-refractivity contribution in [2.75, 3.05) is 0 Å². The van der Waals surface area contributed by atoms with Crippen LogP contribution in [0.5, 0.6) is 0 Å². The molecule has 2 heterocycles. The highest BCUT2D eigenvalue weighted by atomic mass is 16.4. The largest absolute Gasteiger partial charge is 0.409 e. The van der Waals surface area contributed by atoms with Gasteiger partial charge < -0.3 is 15.5 Å². The Labute approximate surface area is 88.6 Å².